The third-order valence-corrected chi connectivity index (χ3v) is 2.07. The molecule has 8 nitrogen and oxygen atoms in total. The Kier molecular flexibility index (Phi) is 2.61. The molecule has 88 valence electrons. The number of anilines is 1. The van der Waals surface area contributed by atoms with E-state index in [9.17, 15) is 9.59 Å². The zero-order chi connectivity index (χ0) is 12.4. The molecule has 0 aromatic carbocycles. The number of aromatic nitrogens is 4. The summed E-state index contributed by atoms with van der Waals surface area (Å²) in [4.78, 5) is 29.8. The van der Waals surface area contributed by atoms with Gasteiger partial charge in [-0.05, 0) is 0 Å². The molecule has 0 atom stereocenters. The highest BCUT2D eigenvalue weighted by atomic mass is 16.4. The molecule has 0 unspecified atom stereocenters. The Morgan fingerprint density at radius 2 is 2.18 bits per heavy atom. The first-order valence-electron chi connectivity index (χ1n) is 4.64. The summed E-state index contributed by atoms with van der Waals surface area (Å²) in [5, 5.41) is 11.1. The van der Waals surface area contributed by atoms with Crippen LogP contribution in [0.5, 0.6) is 0 Å². The van der Waals surface area contributed by atoms with Crippen LogP contribution in [0.3, 0.4) is 0 Å². The Morgan fingerprint density at radius 1 is 1.41 bits per heavy atom. The van der Waals surface area contributed by atoms with Gasteiger partial charge in [-0.15, -0.1) is 0 Å². The van der Waals surface area contributed by atoms with Gasteiger partial charge in [-0.3, -0.25) is 4.79 Å². The van der Waals surface area contributed by atoms with E-state index in [-0.39, 0.29) is 11.6 Å². The number of hydrogen-bond acceptors (Lipinski definition) is 4. The maximum Gasteiger partial charge on any atom is 0.416 e. The van der Waals surface area contributed by atoms with Crippen LogP contribution in [0.25, 0.3) is 0 Å². The van der Waals surface area contributed by atoms with Crippen molar-refractivity contribution in [2.45, 2.75) is 0 Å². The number of carbonyl (C=O) groups excluding carboxylic acids is 1. The SMILES string of the molecule is Cn1ccnc1C(=O)Nc1cn(C(=O)O)cn1. The molecule has 0 saturated heterocycles. The fraction of sp³-hybridized carbons (Fsp3) is 0.111. The lowest BCUT2D eigenvalue weighted by Gasteiger charge is -2.00. The zero-order valence-electron chi connectivity index (χ0n) is 8.86. The van der Waals surface area contributed by atoms with Crippen molar-refractivity contribution in [2.75, 3.05) is 5.32 Å². The third kappa shape index (κ3) is 2.14. The minimum Gasteiger partial charge on any atom is -0.464 e. The second-order valence-electron chi connectivity index (χ2n) is 3.26. The lowest BCUT2D eigenvalue weighted by atomic mass is 10.5. The first-order valence-corrected chi connectivity index (χ1v) is 4.64. The van der Waals surface area contributed by atoms with Crippen LogP contribution in [0.1, 0.15) is 10.6 Å². The van der Waals surface area contributed by atoms with Crippen LogP contribution in [0.4, 0.5) is 10.6 Å². The van der Waals surface area contributed by atoms with Crippen LogP contribution in [0, 0.1) is 0 Å². The van der Waals surface area contributed by atoms with Crippen LogP contribution >= 0.6 is 0 Å². The van der Waals surface area contributed by atoms with Crippen molar-refractivity contribution in [3.63, 3.8) is 0 Å². The summed E-state index contributed by atoms with van der Waals surface area (Å²) in [5.41, 5.74) is 0. The molecule has 0 aliphatic carbocycles. The van der Waals surface area contributed by atoms with E-state index in [1.165, 1.54) is 12.4 Å². The van der Waals surface area contributed by atoms with Crippen molar-refractivity contribution in [2.24, 2.45) is 7.05 Å². The fourth-order valence-corrected chi connectivity index (χ4v) is 1.25. The van der Waals surface area contributed by atoms with Crippen molar-refractivity contribution in [1.82, 2.24) is 19.1 Å². The van der Waals surface area contributed by atoms with Gasteiger partial charge in [0, 0.05) is 19.4 Å². The normalized spacial score (nSPS) is 10.2. The molecule has 2 aromatic heterocycles. The Bertz CT molecular complexity index is 571. The average Bonchev–Trinajstić information content (AvgIpc) is 2.86. The molecule has 17 heavy (non-hydrogen) atoms. The number of hydrogen-bond donors (Lipinski definition) is 2. The van der Waals surface area contributed by atoms with Crippen molar-refractivity contribution in [3.05, 3.63) is 30.7 Å². The molecule has 8 heteroatoms. The molecule has 2 rings (SSSR count). The van der Waals surface area contributed by atoms with Gasteiger partial charge in [-0.2, -0.15) is 0 Å². The smallest absolute Gasteiger partial charge is 0.416 e. The molecule has 2 heterocycles. The van der Waals surface area contributed by atoms with E-state index in [0.717, 1.165) is 10.9 Å². The molecule has 0 fully saturated rings. The van der Waals surface area contributed by atoms with Crippen molar-refractivity contribution >= 4 is 17.8 Å². The number of amides is 1. The van der Waals surface area contributed by atoms with Crippen LogP contribution in [-0.2, 0) is 7.05 Å². The second kappa shape index (κ2) is 4.08. The Labute approximate surface area is 95.5 Å². The maximum absolute atomic E-state index is 11.7. The summed E-state index contributed by atoms with van der Waals surface area (Å²) in [5.74, 6) is -0.0802. The summed E-state index contributed by atoms with van der Waals surface area (Å²) in [7, 11) is 1.68. The number of imidazole rings is 2. The molecule has 0 aliphatic heterocycles. The molecule has 2 aromatic rings. The monoisotopic (exact) mass is 235 g/mol. The summed E-state index contributed by atoms with van der Waals surface area (Å²) in [6, 6.07) is 0. The van der Waals surface area contributed by atoms with Gasteiger partial charge >= 0.3 is 6.09 Å². The molecular formula is C9H9N5O3. The highest BCUT2D eigenvalue weighted by molar-refractivity contribution is 6.01. The number of carbonyl (C=O) groups is 2. The third-order valence-electron chi connectivity index (χ3n) is 2.07. The van der Waals surface area contributed by atoms with Crippen LogP contribution in [0.2, 0.25) is 0 Å². The molecule has 0 spiro atoms. The lowest BCUT2D eigenvalue weighted by Crippen LogP contribution is -2.17. The zero-order valence-corrected chi connectivity index (χ0v) is 8.86. The number of aryl methyl sites for hydroxylation is 1. The molecule has 1 amide bonds. The average molecular weight is 235 g/mol. The maximum atomic E-state index is 11.7. The standard InChI is InChI=1S/C9H9N5O3/c1-13-3-2-10-7(13)8(15)12-6-4-14(5-11-6)9(16)17/h2-5H,1H3,(H,12,15)(H,16,17). The molecule has 2 N–H and O–H groups in total. The van der Waals surface area contributed by atoms with E-state index in [4.69, 9.17) is 5.11 Å². The molecular weight excluding hydrogens is 226 g/mol. The number of nitrogens with zero attached hydrogens (tertiary/aromatic N) is 4. The highest BCUT2D eigenvalue weighted by Gasteiger charge is 2.13. The van der Waals surface area contributed by atoms with E-state index in [2.05, 4.69) is 15.3 Å². The number of carboxylic acid groups (broad SMARTS) is 1. The predicted octanol–water partition coefficient (Wildman–Crippen LogP) is 0.395. The van der Waals surface area contributed by atoms with E-state index in [1.54, 1.807) is 17.8 Å². The summed E-state index contributed by atoms with van der Waals surface area (Å²) < 4.78 is 2.39. The van der Waals surface area contributed by atoms with Crippen LogP contribution < -0.4 is 5.32 Å². The van der Waals surface area contributed by atoms with E-state index < -0.39 is 12.0 Å². The van der Waals surface area contributed by atoms with Gasteiger partial charge < -0.3 is 15.0 Å². The minimum atomic E-state index is -1.17. The van der Waals surface area contributed by atoms with Crippen molar-refractivity contribution in [3.8, 4) is 0 Å². The minimum absolute atomic E-state index is 0.153. The summed E-state index contributed by atoms with van der Waals surface area (Å²) in [6.45, 7) is 0. The van der Waals surface area contributed by atoms with Gasteiger partial charge in [0.15, 0.2) is 11.6 Å². The van der Waals surface area contributed by atoms with Crippen LogP contribution in [0.15, 0.2) is 24.9 Å². The lowest BCUT2D eigenvalue weighted by molar-refractivity contribution is 0.101. The summed E-state index contributed by atoms with van der Waals surface area (Å²) in [6.07, 6.45) is 4.24. The molecule has 0 bridgehead atoms. The number of rotatable bonds is 2. The topological polar surface area (TPSA) is 102 Å². The number of nitrogens with one attached hydrogen (secondary N) is 1. The van der Waals surface area contributed by atoms with Crippen molar-refractivity contribution in [1.29, 1.82) is 0 Å². The Morgan fingerprint density at radius 3 is 2.71 bits per heavy atom. The largest absolute Gasteiger partial charge is 0.464 e. The first-order chi connectivity index (χ1) is 8.08. The van der Waals surface area contributed by atoms with Gasteiger partial charge in [-0.1, -0.05) is 0 Å². The fourth-order valence-electron chi connectivity index (χ4n) is 1.25. The molecule has 0 radical (unpaired) electrons. The van der Waals surface area contributed by atoms with Gasteiger partial charge in [0.1, 0.15) is 6.33 Å². The van der Waals surface area contributed by atoms with E-state index in [0.29, 0.717) is 0 Å². The molecule has 0 saturated carbocycles. The Balaban J connectivity index is 2.13. The highest BCUT2D eigenvalue weighted by Crippen LogP contribution is 2.05. The van der Waals surface area contributed by atoms with E-state index >= 15 is 0 Å². The van der Waals surface area contributed by atoms with E-state index in [1.807, 2.05) is 0 Å². The van der Waals surface area contributed by atoms with Gasteiger partial charge in [-0.25, -0.2) is 19.3 Å². The van der Waals surface area contributed by atoms with Gasteiger partial charge in [0.2, 0.25) is 0 Å². The van der Waals surface area contributed by atoms with Gasteiger partial charge in [0.05, 0.1) is 6.20 Å². The van der Waals surface area contributed by atoms with Gasteiger partial charge in [0.25, 0.3) is 5.91 Å². The Hall–Kier alpha value is -2.64. The second-order valence-corrected chi connectivity index (χ2v) is 3.26. The quantitative estimate of drug-likeness (QED) is 0.784. The predicted molar refractivity (Wildman–Crippen MR) is 56.8 cm³/mol. The summed E-state index contributed by atoms with van der Waals surface area (Å²) >= 11 is 0. The van der Waals surface area contributed by atoms with Crippen molar-refractivity contribution < 1.29 is 14.7 Å². The first kappa shape index (κ1) is 10.9. The molecule has 0 aliphatic rings. The van der Waals surface area contributed by atoms with Crippen LogP contribution in [-0.4, -0.2) is 36.2 Å².